The standard InChI is InChI=1S/C18H16N2O7S2/c1-27-14-6-2-12(3-7-14)17-10-19(16(11-28-17)18(21)22)29(25,26)15-8-4-13(5-9-15)20(23)24/h2-10,16H,11H2,1H3,(H,21,22)/t16-/m0/s1. The molecular weight excluding hydrogens is 420 g/mol. The number of hydrogen-bond acceptors (Lipinski definition) is 7. The summed E-state index contributed by atoms with van der Waals surface area (Å²) in [6.07, 6.45) is 1.28. The van der Waals surface area contributed by atoms with Crippen molar-refractivity contribution in [1.29, 1.82) is 0 Å². The highest BCUT2D eigenvalue weighted by atomic mass is 32.2. The van der Waals surface area contributed by atoms with Crippen molar-refractivity contribution in [2.75, 3.05) is 12.9 Å². The van der Waals surface area contributed by atoms with Crippen LogP contribution in [0.4, 0.5) is 5.69 Å². The molecule has 0 saturated heterocycles. The second-order valence-corrected chi connectivity index (χ2v) is 8.88. The Hall–Kier alpha value is -3.05. The number of methoxy groups -OCH3 is 1. The van der Waals surface area contributed by atoms with Gasteiger partial charge in [0.25, 0.3) is 15.7 Å². The molecule has 1 aliphatic heterocycles. The highest BCUT2D eigenvalue weighted by Crippen LogP contribution is 2.37. The van der Waals surface area contributed by atoms with E-state index in [9.17, 15) is 28.4 Å². The molecular formula is C18H16N2O7S2. The number of non-ortho nitro benzene ring substituents is 1. The van der Waals surface area contributed by atoms with Crippen molar-refractivity contribution >= 4 is 38.3 Å². The fraction of sp³-hybridized carbons (Fsp3) is 0.167. The number of sulfonamides is 1. The summed E-state index contributed by atoms with van der Waals surface area (Å²) in [6.45, 7) is 0. The normalized spacial score (nSPS) is 16.8. The van der Waals surface area contributed by atoms with Crippen LogP contribution in [-0.4, -0.2) is 47.6 Å². The molecule has 0 bridgehead atoms. The number of nitro benzene ring substituents is 1. The molecule has 2 aromatic rings. The minimum Gasteiger partial charge on any atom is -0.497 e. The molecule has 152 valence electrons. The van der Waals surface area contributed by atoms with Gasteiger partial charge in [-0.1, -0.05) is 12.1 Å². The molecule has 0 fully saturated rings. The van der Waals surface area contributed by atoms with Gasteiger partial charge in [0.2, 0.25) is 0 Å². The molecule has 1 aliphatic rings. The van der Waals surface area contributed by atoms with Crippen LogP contribution >= 0.6 is 11.8 Å². The molecule has 0 radical (unpaired) electrons. The van der Waals surface area contributed by atoms with Crippen LogP contribution in [0.1, 0.15) is 5.56 Å². The summed E-state index contributed by atoms with van der Waals surface area (Å²) in [4.78, 5) is 22.2. The lowest BCUT2D eigenvalue weighted by atomic mass is 10.2. The topological polar surface area (TPSA) is 127 Å². The summed E-state index contributed by atoms with van der Waals surface area (Å²) in [5, 5.41) is 20.3. The minimum absolute atomic E-state index is 0.0133. The Bertz CT molecular complexity index is 1060. The highest BCUT2D eigenvalue weighted by molar-refractivity contribution is 8.08. The third-order valence-electron chi connectivity index (χ3n) is 4.23. The van der Waals surface area contributed by atoms with E-state index in [4.69, 9.17) is 4.74 Å². The number of rotatable bonds is 6. The van der Waals surface area contributed by atoms with E-state index in [1.165, 1.54) is 25.1 Å². The summed E-state index contributed by atoms with van der Waals surface area (Å²) < 4.78 is 32.1. The molecule has 0 unspecified atom stereocenters. The van der Waals surface area contributed by atoms with E-state index in [2.05, 4.69) is 0 Å². The van der Waals surface area contributed by atoms with E-state index in [0.29, 0.717) is 16.2 Å². The van der Waals surface area contributed by atoms with Crippen molar-refractivity contribution in [1.82, 2.24) is 4.31 Å². The molecule has 1 atom stereocenters. The Morgan fingerprint density at radius 1 is 1.21 bits per heavy atom. The number of carbonyl (C=O) groups is 1. The van der Waals surface area contributed by atoms with Crippen molar-refractivity contribution in [3.63, 3.8) is 0 Å². The Kier molecular flexibility index (Phi) is 5.80. The van der Waals surface area contributed by atoms with Crippen LogP contribution in [-0.2, 0) is 14.8 Å². The van der Waals surface area contributed by atoms with E-state index < -0.39 is 27.0 Å². The van der Waals surface area contributed by atoms with Gasteiger partial charge >= 0.3 is 5.97 Å². The third-order valence-corrected chi connectivity index (χ3v) is 7.15. The largest absolute Gasteiger partial charge is 0.497 e. The maximum Gasteiger partial charge on any atom is 0.328 e. The molecule has 3 rings (SSSR count). The Morgan fingerprint density at radius 3 is 2.34 bits per heavy atom. The van der Waals surface area contributed by atoms with Crippen LogP contribution in [0.15, 0.2) is 59.6 Å². The van der Waals surface area contributed by atoms with E-state index >= 15 is 0 Å². The zero-order chi connectivity index (χ0) is 21.2. The van der Waals surface area contributed by atoms with Gasteiger partial charge in [-0.2, -0.15) is 0 Å². The van der Waals surface area contributed by atoms with Crippen molar-refractivity contribution in [2.45, 2.75) is 10.9 Å². The first-order valence-corrected chi connectivity index (χ1v) is 10.7. The quantitative estimate of drug-likeness (QED) is 0.541. The summed E-state index contributed by atoms with van der Waals surface area (Å²) in [7, 11) is -2.71. The van der Waals surface area contributed by atoms with Gasteiger partial charge in [-0.15, -0.1) is 11.8 Å². The number of thioether (sulfide) groups is 1. The van der Waals surface area contributed by atoms with Crippen LogP contribution in [0.25, 0.3) is 4.91 Å². The first-order chi connectivity index (χ1) is 13.7. The number of nitro groups is 1. The molecule has 1 heterocycles. The van der Waals surface area contributed by atoms with E-state index in [1.807, 2.05) is 0 Å². The number of ether oxygens (including phenoxy) is 1. The highest BCUT2D eigenvalue weighted by Gasteiger charge is 2.37. The van der Waals surface area contributed by atoms with Gasteiger partial charge in [0.05, 0.1) is 16.9 Å². The smallest absolute Gasteiger partial charge is 0.328 e. The predicted molar refractivity (Wildman–Crippen MR) is 107 cm³/mol. The van der Waals surface area contributed by atoms with Crippen molar-refractivity contribution < 1.29 is 28.0 Å². The van der Waals surface area contributed by atoms with Crippen molar-refractivity contribution in [2.24, 2.45) is 0 Å². The van der Waals surface area contributed by atoms with Crippen LogP contribution in [0, 0.1) is 10.1 Å². The van der Waals surface area contributed by atoms with Gasteiger partial charge in [-0.25, -0.2) is 13.2 Å². The molecule has 11 heteroatoms. The lowest BCUT2D eigenvalue weighted by Crippen LogP contribution is -2.45. The lowest BCUT2D eigenvalue weighted by Gasteiger charge is -2.31. The number of benzene rings is 2. The molecule has 0 amide bonds. The summed E-state index contributed by atoms with van der Waals surface area (Å²) in [5.41, 5.74) is 0.450. The van der Waals surface area contributed by atoms with Crippen LogP contribution in [0.2, 0.25) is 0 Å². The molecule has 29 heavy (non-hydrogen) atoms. The fourth-order valence-electron chi connectivity index (χ4n) is 2.68. The molecule has 0 aliphatic carbocycles. The second kappa shape index (κ2) is 8.13. The number of nitrogens with zero attached hydrogens (tertiary/aromatic N) is 2. The fourth-order valence-corrected chi connectivity index (χ4v) is 5.44. The molecule has 0 spiro atoms. The SMILES string of the molecule is COc1ccc(C2=CN(S(=O)(=O)c3ccc([N+](=O)[O-])cc3)[C@H](C(=O)O)CS2)cc1. The molecule has 0 saturated carbocycles. The van der Waals surface area contributed by atoms with Gasteiger partial charge in [-0.3, -0.25) is 14.4 Å². The van der Waals surface area contributed by atoms with Gasteiger partial charge in [0.15, 0.2) is 6.04 Å². The Labute approximate surface area is 170 Å². The number of carboxylic acid groups (broad SMARTS) is 1. The van der Waals surface area contributed by atoms with Gasteiger partial charge in [0, 0.05) is 29.0 Å². The first kappa shape index (κ1) is 20.7. The molecule has 1 N–H and O–H groups in total. The second-order valence-electron chi connectivity index (χ2n) is 5.97. The summed E-state index contributed by atoms with van der Waals surface area (Å²) in [5.74, 6) is -0.638. The number of aliphatic carboxylic acids is 1. The predicted octanol–water partition coefficient (Wildman–Crippen LogP) is 2.79. The van der Waals surface area contributed by atoms with Crippen molar-refractivity contribution in [3.05, 3.63) is 70.4 Å². The first-order valence-electron chi connectivity index (χ1n) is 8.24. The molecule has 2 aromatic carbocycles. The van der Waals surface area contributed by atoms with E-state index in [-0.39, 0.29) is 16.3 Å². The van der Waals surface area contributed by atoms with Crippen molar-refractivity contribution in [3.8, 4) is 5.75 Å². The van der Waals surface area contributed by atoms with Crippen LogP contribution < -0.4 is 4.74 Å². The number of hydrogen-bond donors (Lipinski definition) is 1. The van der Waals surface area contributed by atoms with Gasteiger partial charge in [-0.05, 0) is 29.8 Å². The van der Waals surface area contributed by atoms with Gasteiger partial charge < -0.3 is 9.84 Å². The van der Waals surface area contributed by atoms with Crippen LogP contribution in [0.5, 0.6) is 5.75 Å². The van der Waals surface area contributed by atoms with E-state index in [1.54, 1.807) is 24.3 Å². The Morgan fingerprint density at radius 2 is 1.83 bits per heavy atom. The summed E-state index contributed by atoms with van der Waals surface area (Å²) >= 11 is 1.23. The molecule has 0 aromatic heterocycles. The van der Waals surface area contributed by atoms with E-state index in [0.717, 1.165) is 28.6 Å². The zero-order valence-electron chi connectivity index (χ0n) is 15.1. The minimum atomic E-state index is -4.24. The number of carboxylic acids is 1. The average molecular weight is 436 g/mol. The maximum atomic E-state index is 13.1. The van der Waals surface area contributed by atoms with Crippen LogP contribution in [0.3, 0.4) is 0 Å². The Balaban J connectivity index is 2.03. The van der Waals surface area contributed by atoms with Gasteiger partial charge in [0.1, 0.15) is 5.75 Å². The third kappa shape index (κ3) is 4.20. The maximum absolute atomic E-state index is 13.1. The zero-order valence-corrected chi connectivity index (χ0v) is 16.7. The average Bonchev–Trinajstić information content (AvgIpc) is 2.73. The molecule has 9 nitrogen and oxygen atoms in total. The summed E-state index contributed by atoms with van der Waals surface area (Å²) in [6, 6.07) is 9.94. The lowest BCUT2D eigenvalue weighted by molar-refractivity contribution is -0.384. The monoisotopic (exact) mass is 436 g/mol.